The molecule has 0 spiro atoms. The number of hydrogen-bond acceptors (Lipinski definition) is 2. The van der Waals surface area contributed by atoms with Gasteiger partial charge in [0.1, 0.15) is 0 Å². The molecule has 0 radical (unpaired) electrons. The van der Waals surface area contributed by atoms with Crippen molar-refractivity contribution in [3.05, 3.63) is 35.5 Å². The highest BCUT2D eigenvalue weighted by Crippen LogP contribution is 2.24. The highest BCUT2D eigenvalue weighted by molar-refractivity contribution is 6.08. The van der Waals surface area contributed by atoms with Gasteiger partial charge in [-0.2, -0.15) is 0 Å². The van der Waals surface area contributed by atoms with Gasteiger partial charge in [-0.3, -0.25) is 9.59 Å². The lowest BCUT2D eigenvalue weighted by Gasteiger charge is -2.26. The van der Waals surface area contributed by atoms with Crippen molar-refractivity contribution in [1.29, 1.82) is 0 Å². The van der Waals surface area contributed by atoms with Crippen molar-refractivity contribution >= 4 is 22.8 Å². The van der Waals surface area contributed by atoms with Gasteiger partial charge in [0, 0.05) is 29.2 Å². The maximum atomic E-state index is 12.8. The van der Waals surface area contributed by atoms with Crippen LogP contribution in [0.3, 0.4) is 0 Å². The van der Waals surface area contributed by atoms with E-state index < -0.39 is 5.97 Å². The lowest BCUT2D eigenvalue weighted by Crippen LogP contribution is -2.38. The summed E-state index contributed by atoms with van der Waals surface area (Å²) in [5.41, 5.74) is 2.35. The van der Waals surface area contributed by atoms with E-state index in [1.807, 2.05) is 45.0 Å². The van der Waals surface area contributed by atoms with Gasteiger partial charge in [-0.1, -0.05) is 18.2 Å². The Bertz CT molecular complexity index is 673. The number of carboxylic acids is 1. The van der Waals surface area contributed by atoms with Gasteiger partial charge in [0.25, 0.3) is 5.91 Å². The molecular weight excluding hydrogens is 268 g/mol. The minimum Gasteiger partial charge on any atom is -0.481 e. The van der Waals surface area contributed by atoms with Gasteiger partial charge in [0.2, 0.25) is 0 Å². The van der Waals surface area contributed by atoms with E-state index in [1.54, 1.807) is 4.90 Å². The number of rotatable bonds is 5. The third-order valence-corrected chi connectivity index (χ3v) is 3.56. The summed E-state index contributed by atoms with van der Waals surface area (Å²) < 4.78 is 0. The second-order valence-corrected chi connectivity index (χ2v) is 5.41. The summed E-state index contributed by atoms with van der Waals surface area (Å²) in [4.78, 5) is 28.4. The Labute approximate surface area is 123 Å². The molecule has 2 aromatic rings. The minimum absolute atomic E-state index is 0.0503. The maximum absolute atomic E-state index is 12.8. The Balaban J connectivity index is 2.39. The zero-order valence-electron chi connectivity index (χ0n) is 12.5. The van der Waals surface area contributed by atoms with Gasteiger partial charge in [-0.15, -0.1) is 0 Å². The summed E-state index contributed by atoms with van der Waals surface area (Å²) in [5.74, 6) is -1.02. The number of nitrogens with one attached hydrogen (secondary N) is 1. The number of carboxylic acid groups (broad SMARTS) is 1. The summed E-state index contributed by atoms with van der Waals surface area (Å²) >= 11 is 0. The SMILES string of the molecule is Cc1[nH]c2ccccc2c1C(=O)N(CCC(=O)O)C(C)C. The van der Waals surface area contributed by atoms with Crippen LogP contribution in [0.2, 0.25) is 0 Å². The van der Waals surface area contributed by atoms with Crippen LogP contribution in [0.4, 0.5) is 0 Å². The van der Waals surface area contributed by atoms with Crippen LogP contribution in [0.15, 0.2) is 24.3 Å². The van der Waals surface area contributed by atoms with Crippen LogP contribution >= 0.6 is 0 Å². The number of benzene rings is 1. The average molecular weight is 288 g/mol. The number of aromatic nitrogens is 1. The molecule has 0 aliphatic carbocycles. The van der Waals surface area contributed by atoms with Crippen molar-refractivity contribution in [3.8, 4) is 0 Å². The van der Waals surface area contributed by atoms with Crippen molar-refractivity contribution in [3.63, 3.8) is 0 Å². The fourth-order valence-corrected chi connectivity index (χ4v) is 2.51. The molecule has 5 heteroatoms. The second-order valence-electron chi connectivity index (χ2n) is 5.41. The van der Waals surface area contributed by atoms with E-state index in [0.717, 1.165) is 16.6 Å². The monoisotopic (exact) mass is 288 g/mol. The molecule has 0 bridgehead atoms. The van der Waals surface area contributed by atoms with Crippen molar-refractivity contribution in [2.75, 3.05) is 6.54 Å². The average Bonchev–Trinajstić information content (AvgIpc) is 2.73. The quantitative estimate of drug-likeness (QED) is 0.888. The molecule has 0 saturated heterocycles. The molecular formula is C16H20N2O3. The van der Waals surface area contributed by atoms with Gasteiger partial charge in [0.05, 0.1) is 12.0 Å². The minimum atomic E-state index is -0.899. The van der Waals surface area contributed by atoms with Crippen LogP contribution in [-0.2, 0) is 4.79 Å². The number of carbonyl (C=O) groups is 2. The third-order valence-electron chi connectivity index (χ3n) is 3.56. The van der Waals surface area contributed by atoms with E-state index in [9.17, 15) is 9.59 Å². The Morgan fingerprint density at radius 2 is 1.95 bits per heavy atom. The Morgan fingerprint density at radius 1 is 1.29 bits per heavy atom. The van der Waals surface area contributed by atoms with Crippen molar-refractivity contribution < 1.29 is 14.7 Å². The highest BCUT2D eigenvalue weighted by atomic mass is 16.4. The van der Waals surface area contributed by atoms with Gasteiger partial charge >= 0.3 is 5.97 Å². The number of para-hydroxylation sites is 1. The molecule has 1 amide bonds. The molecule has 5 nitrogen and oxygen atoms in total. The van der Waals surface area contributed by atoms with Crippen LogP contribution in [0.1, 0.15) is 36.3 Å². The number of aryl methyl sites for hydroxylation is 1. The topological polar surface area (TPSA) is 73.4 Å². The van der Waals surface area contributed by atoms with E-state index in [1.165, 1.54) is 0 Å². The molecule has 21 heavy (non-hydrogen) atoms. The summed E-state index contributed by atoms with van der Waals surface area (Å²) in [6.45, 7) is 5.86. The molecule has 1 aromatic heterocycles. The van der Waals surface area contributed by atoms with Crippen LogP contribution < -0.4 is 0 Å². The number of amides is 1. The van der Waals surface area contributed by atoms with Crippen LogP contribution in [-0.4, -0.2) is 39.5 Å². The fourth-order valence-electron chi connectivity index (χ4n) is 2.51. The first-order valence-corrected chi connectivity index (χ1v) is 7.02. The van der Waals surface area contributed by atoms with E-state index in [-0.39, 0.29) is 24.9 Å². The number of fused-ring (bicyclic) bond motifs is 1. The number of hydrogen-bond donors (Lipinski definition) is 2. The second kappa shape index (κ2) is 5.99. The molecule has 112 valence electrons. The first kappa shape index (κ1) is 15.1. The Morgan fingerprint density at radius 3 is 2.57 bits per heavy atom. The van der Waals surface area contributed by atoms with Crippen LogP contribution in [0.5, 0.6) is 0 Å². The largest absolute Gasteiger partial charge is 0.481 e. The van der Waals surface area contributed by atoms with Gasteiger partial charge in [-0.05, 0) is 26.8 Å². The van der Waals surface area contributed by atoms with E-state index >= 15 is 0 Å². The summed E-state index contributed by atoms with van der Waals surface area (Å²) in [6.07, 6.45) is -0.0503. The molecule has 0 saturated carbocycles. The number of carbonyl (C=O) groups excluding carboxylic acids is 1. The third kappa shape index (κ3) is 3.07. The van der Waals surface area contributed by atoms with E-state index in [2.05, 4.69) is 4.98 Å². The smallest absolute Gasteiger partial charge is 0.305 e. The number of H-pyrrole nitrogens is 1. The van der Waals surface area contributed by atoms with Crippen molar-refractivity contribution in [2.24, 2.45) is 0 Å². The Hall–Kier alpha value is -2.30. The van der Waals surface area contributed by atoms with Crippen molar-refractivity contribution in [1.82, 2.24) is 9.88 Å². The maximum Gasteiger partial charge on any atom is 0.305 e. The van der Waals surface area contributed by atoms with Crippen LogP contribution in [0, 0.1) is 6.92 Å². The molecule has 0 aliphatic heterocycles. The Kier molecular flexibility index (Phi) is 4.31. The summed E-state index contributed by atoms with van der Waals surface area (Å²) in [5, 5.41) is 9.71. The zero-order valence-corrected chi connectivity index (χ0v) is 12.5. The number of aliphatic carboxylic acids is 1. The van der Waals surface area contributed by atoms with Gasteiger partial charge in [-0.25, -0.2) is 0 Å². The first-order chi connectivity index (χ1) is 9.91. The van der Waals surface area contributed by atoms with Gasteiger partial charge < -0.3 is 15.0 Å². The molecule has 2 rings (SSSR count). The molecule has 1 aromatic carbocycles. The number of nitrogens with zero attached hydrogens (tertiary/aromatic N) is 1. The first-order valence-electron chi connectivity index (χ1n) is 7.02. The lowest BCUT2D eigenvalue weighted by molar-refractivity contribution is -0.137. The predicted molar refractivity (Wildman–Crippen MR) is 81.5 cm³/mol. The molecule has 0 fully saturated rings. The molecule has 0 unspecified atom stereocenters. The fraction of sp³-hybridized carbons (Fsp3) is 0.375. The zero-order chi connectivity index (χ0) is 15.6. The standard InChI is InChI=1S/C16H20N2O3/c1-10(2)18(9-8-14(19)20)16(21)15-11(3)17-13-7-5-4-6-12(13)15/h4-7,10,17H,8-9H2,1-3H3,(H,19,20). The number of aromatic amines is 1. The van der Waals surface area contributed by atoms with Crippen LogP contribution in [0.25, 0.3) is 10.9 Å². The summed E-state index contributed by atoms with van der Waals surface area (Å²) in [6, 6.07) is 7.59. The highest BCUT2D eigenvalue weighted by Gasteiger charge is 2.24. The van der Waals surface area contributed by atoms with Crippen molar-refractivity contribution in [2.45, 2.75) is 33.2 Å². The van der Waals surface area contributed by atoms with E-state index in [0.29, 0.717) is 5.56 Å². The van der Waals surface area contributed by atoms with Gasteiger partial charge in [0.15, 0.2) is 0 Å². The predicted octanol–water partition coefficient (Wildman–Crippen LogP) is 2.80. The molecule has 1 heterocycles. The molecule has 0 atom stereocenters. The molecule has 2 N–H and O–H groups in total. The summed E-state index contributed by atoms with van der Waals surface area (Å²) in [7, 11) is 0. The molecule has 0 aliphatic rings. The normalized spacial score (nSPS) is 11.0. The lowest BCUT2D eigenvalue weighted by atomic mass is 10.1. The van der Waals surface area contributed by atoms with E-state index in [4.69, 9.17) is 5.11 Å².